The number of hydrogen-bond acceptors (Lipinski definition) is 4. The number of nitrogens with one attached hydrogen (secondary N) is 1. The summed E-state index contributed by atoms with van der Waals surface area (Å²) in [4.78, 5) is 16.6. The molecule has 0 radical (unpaired) electrons. The largest absolute Gasteiger partial charge is 0.493 e. The summed E-state index contributed by atoms with van der Waals surface area (Å²) in [6.07, 6.45) is 0.993. The number of nitriles is 1. The third-order valence-corrected chi connectivity index (χ3v) is 5.08. The number of urea groups is 1. The molecule has 0 spiro atoms. The van der Waals surface area contributed by atoms with Crippen LogP contribution >= 0.6 is 0 Å². The Balaban J connectivity index is 1.28. The molecule has 6 nitrogen and oxygen atoms in total. The van der Waals surface area contributed by atoms with E-state index in [1.54, 1.807) is 24.3 Å². The third kappa shape index (κ3) is 4.04. The number of piperazine rings is 1. The summed E-state index contributed by atoms with van der Waals surface area (Å²) in [5.41, 5.74) is 3.89. The van der Waals surface area contributed by atoms with Crippen molar-refractivity contribution >= 4 is 11.7 Å². The van der Waals surface area contributed by atoms with Crippen molar-refractivity contribution in [3.8, 4) is 11.8 Å². The second kappa shape index (κ2) is 7.68. The predicted molar refractivity (Wildman–Crippen MR) is 103 cm³/mol. The number of ether oxygens (including phenoxy) is 1. The summed E-state index contributed by atoms with van der Waals surface area (Å²) in [5, 5.41) is 11.7. The van der Waals surface area contributed by atoms with Crippen LogP contribution in [0.1, 0.15) is 16.7 Å². The Bertz CT molecular complexity index is 865. The SMILES string of the molecule is N#Cc1ccc(NC(=O)N2CCN(Cc3ccc4c(c3)CCO4)CC2)cc1. The van der Waals surface area contributed by atoms with Crippen LogP contribution in [-0.4, -0.2) is 48.6 Å². The zero-order chi connectivity index (χ0) is 18.6. The van der Waals surface area contributed by atoms with Gasteiger partial charge in [0.15, 0.2) is 0 Å². The van der Waals surface area contributed by atoms with Crippen molar-refractivity contribution in [1.29, 1.82) is 5.26 Å². The van der Waals surface area contributed by atoms with Crippen molar-refractivity contribution in [3.63, 3.8) is 0 Å². The topological polar surface area (TPSA) is 68.6 Å². The van der Waals surface area contributed by atoms with E-state index < -0.39 is 0 Å². The Morgan fingerprint density at radius 1 is 1.11 bits per heavy atom. The summed E-state index contributed by atoms with van der Waals surface area (Å²) in [6.45, 7) is 4.80. The summed E-state index contributed by atoms with van der Waals surface area (Å²) in [6, 6.07) is 15.3. The molecule has 2 aromatic carbocycles. The maximum atomic E-state index is 12.4. The first-order chi connectivity index (χ1) is 13.2. The van der Waals surface area contributed by atoms with Crippen molar-refractivity contribution in [1.82, 2.24) is 9.80 Å². The Morgan fingerprint density at radius 3 is 2.63 bits per heavy atom. The van der Waals surface area contributed by atoms with Crippen molar-refractivity contribution < 1.29 is 9.53 Å². The highest BCUT2D eigenvalue weighted by atomic mass is 16.5. The first-order valence-electron chi connectivity index (χ1n) is 9.24. The zero-order valence-corrected chi connectivity index (χ0v) is 15.1. The second-order valence-electron chi connectivity index (χ2n) is 6.92. The van der Waals surface area contributed by atoms with Gasteiger partial charge >= 0.3 is 6.03 Å². The number of benzene rings is 2. The quantitative estimate of drug-likeness (QED) is 0.912. The average molecular weight is 362 g/mol. The Morgan fingerprint density at radius 2 is 1.89 bits per heavy atom. The van der Waals surface area contributed by atoms with Gasteiger partial charge in [-0.1, -0.05) is 12.1 Å². The number of nitrogens with zero attached hydrogens (tertiary/aromatic N) is 3. The van der Waals surface area contributed by atoms with Gasteiger partial charge in [0.05, 0.1) is 18.2 Å². The standard InChI is InChI=1S/C21H22N4O2/c22-14-16-1-4-19(5-2-16)23-21(26)25-10-8-24(9-11-25)15-17-3-6-20-18(13-17)7-12-27-20/h1-6,13H,7-12,15H2,(H,23,26). The van der Waals surface area contributed by atoms with Gasteiger partial charge in [-0.25, -0.2) is 4.79 Å². The van der Waals surface area contributed by atoms with E-state index in [1.807, 2.05) is 4.90 Å². The minimum Gasteiger partial charge on any atom is -0.493 e. The maximum absolute atomic E-state index is 12.4. The van der Waals surface area contributed by atoms with Crippen molar-refractivity contribution in [2.45, 2.75) is 13.0 Å². The fourth-order valence-corrected chi connectivity index (χ4v) is 3.54. The second-order valence-corrected chi connectivity index (χ2v) is 6.92. The number of anilines is 1. The molecule has 2 aromatic rings. The van der Waals surface area contributed by atoms with E-state index in [9.17, 15) is 4.79 Å². The number of fused-ring (bicyclic) bond motifs is 1. The van der Waals surface area contributed by atoms with E-state index in [2.05, 4.69) is 34.5 Å². The van der Waals surface area contributed by atoms with Crippen LogP contribution in [0.5, 0.6) is 5.75 Å². The van der Waals surface area contributed by atoms with E-state index in [0.717, 1.165) is 38.4 Å². The van der Waals surface area contributed by atoms with Crippen LogP contribution in [0.3, 0.4) is 0 Å². The molecule has 0 unspecified atom stereocenters. The van der Waals surface area contributed by atoms with Gasteiger partial charge in [-0.15, -0.1) is 0 Å². The molecule has 0 saturated carbocycles. The van der Waals surface area contributed by atoms with Gasteiger partial charge < -0.3 is 15.0 Å². The monoisotopic (exact) mass is 362 g/mol. The summed E-state index contributed by atoms with van der Waals surface area (Å²) < 4.78 is 5.56. The maximum Gasteiger partial charge on any atom is 0.321 e. The van der Waals surface area contributed by atoms with Crippen LogP contribution in [0.15, 0.2) is 42.5 Å². The number of carbonyl (C=O) groups is 1. The molecule has 138 valence electrons. The lowest BCUT2D eigenvalue weighted by Gasteiger charge is -2.34. The van der Waals surface area contributed by atoms with Crippen LogP contribution in [0, 0.1) is 11.3 Å². The number of rotatable bonds is 3. The molecule has 0 aromatic heterocycles. The van der Waals surface area contributed by atoms with Gasteiger partial charge in [0.1, 0.15) is 5.75 Å². The van der Waals surface area contributed by atoms with Crippen molar-refractivity contribution in [2.75, 3.05) is 38.1 Å². The summed E-state index contributed by atoms with van der Waals surface area (Å²) >= 11 is 0. The highest BCUT2D eigenvalue weighted by Gasteiger charge is 2.22. The van der Waals surface area contributed by atoms with Gasteiger partial charge in [-0.2, -0.15) is 5.26 Å². The number of carbonyl (C=O) groups excluding carboxylic acids is 1. The molecular weight excluding hydrogens is 340 g/mol. The number of amides is 2. The first-order valence-corrected chi connectivity index (χ1v) is 9.24. The van der Waals surface area contributed by atoms with Gasteiger partial charge in [-0.3, -0.25) is 4.90 Å². The fourth-order valence-electron chi connectivity index (χ4n) is 3.54. The zero-order valence-electron chi connectivity index (χ0n) is 15.1. The molecule has 0 atom stereocenters. The van der Waals surface area contributed by atoms with E-state index in [0.29, 0.717) is 24.3 Å². The Hall–Kier alpha value is -3.04. The lowest BCUT2D eigenvalue weighted by Crippen LogP contribution is -2.49. The van der Waals surface area contributed by atoms with Gasteiger partial charge in [-0.05, 0) is 41.5 Å². The lowest BCUT2D eigenvalue weighted by molar-refractivity contribution is 0.143. The molecule has 2 aliphatic heterocycles. The molecule has 1 saturated heterocycles. The summed E-state index contributed by atoms with van der Waals surface area (Å²) in [7, 11) is 0. The van der Waals surface area contributed by atoms with E-state index >= 15 is 0 Å². The molecule has 1 N–H and O–H groups in total. The normalized spacial score (nSPS) is 16.3. The lowest BCUT2D eigenvalue weighted by atomic mass is 10.1. The average Bonchev–Trinajstić information content (AvgIpc) is 3.17. The Labute approximate surface area is 158 Å². The molecule has 1 fully saturated rings. The smallest absolute Gasteiger partial charge is 0.321 e. The molecule has 2 amide bonds. The first kappa shape index (κ1) is 17.4. The van der Waals surface area contributed by atoms with Crippen LogP contribution in [-0.2, 0) is 13.0 Å². The van der Waals surface area contributed by atoms with Crippen LogP contribution in [0.25, 0.3) is 0 Å². The Kier molecular flexibility index (Phi) is 4.95. The molecule has 27 heavy (non-hydrogen) atoms. The third-order valence-electron chi connectivity index (χ3n) is 5.08. The highest BCUT2D eigenvalue weighted by Crippen LogP contribution is 2.26. The molecule has 4 rings (SSSR count). The highest BCUT2D eigenvalue weighted by molar-refractivity contribution is 5.89. The molecule has 2 aliphatic rings. The van der Waals surface area contributed by atoms with Gasteiger partial charge in [0.25, 0.3) is 0 Å². The van der Waals surface area contributed by atoms with Gasteiger partial charge in [0.2, 0.25) is 0 Å². The molecule has 0 bridgehead atoms. The van der Waals surface area contributed by atoms with E-state index in [1.165, 1.54) is 11.1 Å². The minimum atomic E-state index is -0.0889. The van der Waals surface area contributed by atoms with Crippen molar-refractivity contribution in [3.05, 3.63) is 59.2 Å². The van der Waals surface area contributed by atoms with Crippen LogP contribution in [0.4, 0.5) is 10.5 Å². The van der Waals surface area contributed by atoms with Crippen LogP contribution in [0.2, 0.25) is 0 Å². The van der Waals surface area contributed by atoms with Crippen molar-refractivity contribution in [2.24, 2.45) is 0 Å². The van der Waals surface area contributed by atoms with Crippen LogP contribution < -0.4 is 10.1 Å². The molecule has 2 heterocycles. The minimum absolute atomic E-state index is 0.0889. The van der Waals surface area contributed by atoms with Gasteiger partial charge in [0, 0.05) is 44.8 Å². The van der Waals surface area contributed by atoms with E-state index in [4.69, 9.17) is 10.00 Å². The molecule has 0 aliphatic carbocycles. The molecular formula is C21H22N4O2. The predicted octanol–water partition coefficient (Wildman–Crippen LogP) is 2.84. The summed E-state index contributed by atoms with van der Waals surface area (Å²) in [5.74, 6) is 1.02. The van der Waals surface area contributed by atoms with E-state index in [-0.39, 0.29) is 6.03 Å². The fraction of sp³-hybridized carbons (Fsp3) is 0.333. The number of hydrogen-bond donors (Lipinski definition) is 1. The molecule has 6 heteroatoms.